The van der Waals surface area contributed by atoms with E-state index < -0.39 is 53.0 Å². The molecule has 160 valence electrons. The summed E-state index contributed by atoms with van der Waals surface area (Å²) >= 11 is 0. The van der Waals surface area contributed by atoms with E-state index >= 15 is 0 Å². The molecule has 1 aliphatic carbocycles. The Hall–Kier alpha value is -1.65. The second-order valence-electron chi connectivity index (χ2n) is 7.60. The van der Waals surface area contributed by atoms with Crippen LogP contribution in [0.1, 0.15) is 38.9 Å². The maximum atomic E-state index is 14.5. The molecule has 11 heteroatoms. The third-order valence-corrected chi connectivity index (χ3v) is 4.34. The Bertz CT molecular complexity index is 697. The van der Waals surface area contributed by atoms with Gasteiger partial charge in [-0.1, -0.05) is 12.1 Å². The van der Waals surface area contributed by atoms with Crippen LogP contribution in [0.15, 0.2) is 24.3 Å². The number of aliphatic hydroxyl groups is 1. The Labute approximate surface area is 154 Å². The molecule has 1 aliphatic rings. The number of hydrogen-bond donors (Lipinski definition) is 1. The van der Waals surface area contributed by atoms with E-state index in [1.165, 1.54) is 12.1 Å². The molecule has 0 heterocycles. The van der Waals surface area contributed by atoms with Gasteiger partial charge in [-0.25, -0.2) is 4.39 Å². The molecule has 1 fully saturated rings. The van der Waals surface area contributed by atoms with Gasteiger partial charge in [0.05, 0.1) is 6.10 Å². The lowest BCUT2D eigenvalue weighted by atomic mass is 9.88. The van der Waals surface area contributed by atoms with Gasteiger partial charge < -0.3 is 9.84 Å². The summed E-state index contributed by atoms with van der Waals surface area (Å²) in [6.07, 6.45) is -4.87. The second-order valence-corrected chi connectivity index (χ2v) is 7.60. The minimum Gasteiger partial charge on any atom is -0.488 e. The summed E-state index contributed by atoms with van der Waals surface area (Å²) in [7, 11) is 0. The third kappa shape index (κ3) is 2.93. The normalized spacial score (nSPS) is 25.3. The molecular weight excluding hydrogens is 407 g/mol. The van der Waals surface area contributed by atoms with E-state index in [2.05, 4.69) is 0 Å². The van der Waals surface area contributed by atoms with Gasteiger partial charge in [-0.15, -0.1) is 0 Å². The molecule has 28 heavy (non-hydrogen) atoms. The highest BCUT2D eigenvalue weighted by Crippen LogP contribution is 2.70. The van der Waals surface area contributed by atoms with Crippen molar-refractivity contribution in [3.05, 3.63) is 29.8 Å². The predicted octanol–water partition coefficient (Wildman–Crippen LogP) is 5.55. The summed E-state index contributed by atoms with van der Waals surface area (Å²) < 4.78 is 128. The zero-order valence-electron chi connectivity index (χ0n) is 14.9. The van der Waals surface area contributed by atoms with Crippen molar-refractivity contribution in [3.8, 4) is 5.75 Å². The molecule has 0 saturated heterocycles. The molecule has 0 aliphatic heterocycles. The minimum atomic E-state index is -6.65. The first-order valence-corrected chi connectivity index (χ1v) is 7.99. The third-order valence-electron chi connectivity index (χ3n) is 4.34. The van der Waals surface area contributed by atoms with Gasteiger partial charge in [0.2, 0.25) is 0 Å². The van der Waals surface area contributed by atoms with Crippen LogP contribution in [0.4, 0.5) is 39.5 Å². The lowest BCUT2D eigenvalue weighted by Gasteiger charge is -2.32. The quantitative estimate of drug-likeness (QED) is 0.643. The molecule has 0 aromatic heterocycles. The lowest BCUT2D eigenvalue weighted by molar-refractivity contribution is -0.303. The smallest absolute Gasteiger partial charge is 0.381 e. The number of aliphatic hydroxyl groups excluding tert-OH is 1. The lowest BCUT2D eigenvalue weighted by Crippen LogP contribution is -2.55. The highest BCUT2D eigenvalue weighted by atomic mass is 19.4. The van der Waals surface area contributed by atoms with Gasteiger partial charge in [-0.3, -0.25) is 0 Å². The molecule has 1 unspecified atom stereocenters. The summed E-state index contributed by atoms with van der Waals surface area (Å²) in [6.45, 7) is 5.06. The standard InChI is InChI=1S/C17H17F9O2/c1-12(2,3)28-10-6-4-9(5-7-10)11(27)8-13(18)14(19,20)16(23,24)17(25,26)15(13,21)22/h4-7,11,27H,8H2,1-3H3. The molecule has 2 nitrogen and oxygen atoms in total. The average Bonchev–Trinajstić information content (AvgIpc) is 2.56. The Kier molecular flexibility index (Phi) is 4.99. The van der Waals surface area contributed by atoms with E-state index in [9.17, 15) is 44.6 Å². The Morgan fingerprint density at radius 1 is 0.786 bits per heavy atom. The number of halogens is 9. The first-order chi connectivity index (χ1) is 12.3. The number of ether oxygens (including phenoxy) is 1. The fourth-order valence-electron chi connectivity index (χ4n) is 2.84. The summed E-state index contributed by atoms with van der Waals surface area (Å²) in [5, 5.41) is 9.84. The van der Waals surface area contributed by atoms with Gasteiger partial charge in [0.1, 0.15) is 11.4 Å². The van der Waals surface area contributed by atoms with Crippen LogP contribution in [-0.4, -0.2) is 40.1 Å². The molecular formula is C17H17F9O2. The van der Waals surface area contributed by atoms with E-state index in [4.69, 9.17) is 4.74 Å². The summed E-state index contributed by atoms with van der Waals surface area (Å²) in [5.74, 6) is -25.9. The van der Waals surface area contributed by atoms with E-state index in [1.807, 2.05) is 0 Å². The Balaban J connectivity index is 2.35. The summed E-state index contributed by atoms with van der Waals surface area (Å²) in [5.41, 5.74) is -6.76. The molecule has 0 radical (unpaired) electrons. The highest BCUT2D eigenvalue weighted by Gasteiger charge is 3.00. The fourth-order valence-corrected chi connectivity index (χ4v) is 2.84. The van der Waals surface area contributed by atoms with Crippen molar-refractivity contribution >= 4 is 0 Å². The molecule has 1 N–H and O–H groups in total. The topological polar surface area (TPSA) is 29.5 Å². The van der Waals surface area contributed by atoms with Crippen LogP contribution < -0.4 is 4.74 Å². The number of rotatable bonds is 4. The number of hydrogen-bond acceptors (Lipinski definition) is 2. The van der Waals surface area contributed by atoms with Crippen LogP contribution in [0, 0.1) is 0 Å². The van der Waals surface area contributed by atoms with Crippen molar-refractivity contribution in [1.29, 1.82) is 0 Å². The first-order valence-electron chi connectivity index (χ1n) is 7.99. The van der Waals surface area contributed by atoms with Crippen LogP contribution in [0.5, 0.6) is 5.75 Å². The second kappa shape index (κ2) is 6.17. The van der Waals surface area contributed by atoms with Gasteiger partial charge in [0.15, 0.2) is 0 Å². The fraction of sp³-hybridized carbons (Fsp3) is 0.647. The predicted molar refractivity (Wildman–Crippen MR) is 80.0 cm³/mol. The molecule has 0 amide bonds. The molecule has 1 atom stereocenters. The van der Waals surface area contributed by atoms with Crippen molar-refractivity contribution in [2.75, 3.05) is 0 Å². The van der Waals surface area contributed by atoms with Crippen molar-refractivity contribution in [2.24, 2.45) is 0 Å². The van der Waals surface area contributed by atoms with E-state index in [0.29, 0.717) is 0 Å². The Morgan fingerprint density at radius 3 is 1.54 bits per heavy atom. The minimum absolute atomic E-state index is 0.216. The maximum absolute atomic E-state index is 14.5. The number of benzene rings is 1. The van der Waals surface area contributed by atoms with Crippen LogP contribution in [0.2, 0.25) is 0 Å². The maximum Gasteiger partial charge on any atom is 0.381 e. The molecule has 1 aromatic carbocycles. The van der Waals surface area contributed by atoms with Crippen LogP contribution >= 0.6 is 0 Å². The van der Waals surface area contributed by atoms with E-state index in [1.54, 1.807) is 20.8 Å². The monoisotopic (exact) mass is 424 g/mol. The largest absolute Gasteiger partial charge is 0.488 e. The average molecular weight is 424 g/mol. The van der Waals surface area contributed by atoms with Gasteiger partial charge in [0.25, 0.3) is 5.67 Å². The summed E-state index contributed by atoms with van der Waals surface area (Å²) in [4.78, 5) is 0. The van der Waals surface area contributed by atoms with E-state index in [0.717, 1.165) is 12.1 Å². The van der Waals surface area contributed by atoms with Crippen molar-refractivity contribution < 1.29 is 49.4 Å². The first kappa shape index (κ1) is 22.6. The number of alkyl halides is 9. The van der Waals surface area contributed by atoms with Gasteiger partial charge in [-0.05, 0) is 38.5 Å². The van der Waals surface area contributed by atoms with Crippen LogP contribution in [0.3, 0.4) is 0 Å². The van der Waals surface area contributed by atoms with Gasteiger partial charge >= 0.3 is 23.7 Å². The van der Waals surface area contributed by atoms with Crippen LogP contribution in [-0.2, 0) is 0 Å². The zero-order chi connectivity index (χ0) is 22.0. The van der Waals surface area contributed by atoms with Gasteiger partial charge in [-0.2, -0.15) is 35.1 Å². The molecule has 1 saturated carbocycles. The van der Waals surface area contributed by atoms with Crippen LogP contribution in [0.25, 0.3) is 0 Å². The van der Waals surface area contributed by atoms with Crippen molar-refractivity contribution in [3.63, 3.8) is 0 Å². The molecule has 0 spiro atoms. The van der Waals surface area contributed by atoms with E-state index in [-0.39, 0.29) is 5.75 Å². The summed E-state index contributed by atoms with van der Waals surface area (Å²) in [6, 6.07) is 4.33. The highest BCUT2D eigenvalue weighted by molar-refractivity contribution is 5.32. The van der Waals surface area contributed by atoms with Gasteiger partial charge in [0, 0.05) is 6.42 Å². The SMILES string of the molecule is CC(C)(C)Oc1ccc(C(O)CC2(F)C(F)(F)C(F)(F)C(F)(F)C2(F)F)cc1. The molecule has 2 rings (SSSR count). The zero-order valence-corrected chi connectivity index (χ0v) is 14.9. The van der Waals surface area contributed by atoms with Crippen molar-refractivity contribution in [1.82, 2.24) is 0 Å². The Morgan fingerprint density at radius 2 is 1.18 bits per heavy atom. The van der Waals surface area contributed by atoms with Crippen molar-refractivity contribution in [2.45, 2.75) is 68.3 Å². The molecule has 1 aromatic rings. The molecule has 0 bridgehead atoms.